The van der Waals surface area contributed by atoms with Gasteiger partial charge in [0, 0.05) is 17.8 Å². The van der Waals surface area contributed by atoms with Crippen molar-refractivity contribution in [2.75, 3.05) is 0 Å². The number of aromatic carboxylic acids is 1. The molecule has 0 bridgehead atoms. The number of alkyl halides is 3. The maximum atomic E-state index is 13.2. The van der Waals surface area contributed by atoms with Crippen LogP contribution in [-0.2, 0) is 12.8 Å². The molecule has 0 aliphatic rings. The molecular formula is C17H11F3N2O4. The highest BCUT2D eigenvalue weighted by molar-refractivity contribution is 5.87. The first-order chi connectivity index (χ1) is 12.4. The number of nitrogens with zero attached hydrogens (tertiary/aromatic N) is 2. The first kappa shape index (κ1) is 17.5. The fourth-order valence-corrected chi connectivity index (χ4v) is 2.23. The van der Waals surface area contributed by atoms with E-state index in [1.54, 1.807) is 30.3 Å². The number of carboxylic acid groups (broad SMARTS) is 1. The van der Waals surface area contributed by atoms with E-state index < -0.39 is 24.5 Å². The van der Waals surface area contributed by atoms with Gasteiger partial charge in [0.05, 0.1) is 11.1 Å². The number of benzene rings is 1. The van der Waals surface area contributed by atoms with Crippen molar-refractivity contribution in [1.29, 1.82) is 0 Å². The van der Waals surface area contributed by atoms with E-state index in [0.29, 0.717) is 5.56 Å². The number of pyridine rings is 1. The average Bonchev–Trinajstić information content (AvgIpc) is 3.05. The second kappa shape index (κ2) is 6.87. The minimum atomic E-state index is -4.74. The zero-order valence-electron chi connectivity index (χ0n) is 13.0. The first-order valence-corrected chi connectivity index (χ1v) is 7.29. The van der Waals surface area contributed by atoms with Crippen LogP contribution < -0.4 is 4.74 Å². The zero-order chi connectivity index (χ0) is 18.7. The fourth-order valence-electron chi connectivity index (χ4n) is 2.23. The average molecular weight is 364 g/mol. The third-order valence-corrected chi connectivity index (χ3v) is 3.44. The third-order valence-electron chi connectivity index (χ3n) is 3.44. The predicted octanol–water partition coefficient (Wildman–Crippen LogP) is 4.03. The van der Waals surface area contributed by atoms with E-state index in [-0.39, 0.29) is 22.7 Å². The lowest BCUT2D eigenvalue weighted by Gasteiger charge is -2.08. The van der Waals surface area contributed by atoms with Crippen molar-refractivity contribution < 1.29 is 32.3 Å². The summed E-state index contributed by atoms with van der Waals surface area (Å²) < 4.78 is 49.3. The molecular weight excluding hydrogens is 353 g/mol. The lowest BCUT2D eigenvalue weighted by molar-refractivity contribution is -0.156. The summed E-state index contributed by atoms with van der Waals surface area (Å²) in [5.41, 5.74) is 0.121. The van der Waals surface area contributed by atoms with Gasteiger partial charge in [-0.05, 0) is 6.07 Å². The Morgan fingerprint density at radius 1 is 1.15 bits per heavy atom. The molecule has 1 aromatic carbocycles. The molecule has 0 saturated heterocycles. The summed E-state index contributed by atoms with van der Waals surface area (Å²) in [5, 5.41) is 12.3. The van der Waals surface area contributed by atoms with Crippen LogP contribution in [0.4, 0.5) is 13.2 Å². The quantitative estimate of drug-likeness (QED) is 0.736. The Balaban J connectivity index is 1.90. The summed E-state index contributed by atoms with van der Waals surface area (Å²) in [6.07, 6.45) is -3.69. The van der Waals surface area contributed by atoms with Gasteiger partial charge in [-0.2, -0.15) is 13.2 Å². The van der Waals surface area contributed by atoms with E-state index in [9.17, 15) is 18.0 Å². The monoisotopic (exact) mass is 364 g/mol. The van der Waals surface area contributed by atoms with Crippen LogP contribution in [-0.4, -0.2) is 21.2 Å². The third kappa shape index (κ3) is 3.66. The van der Waals surface area contributed by atoms with Crippen molar-refractivity contribution in [2.24, 2.45) is 0 Å². The fraction of sp³-hybridized carbons (Fsp3) is 0.118. The largest absolute Gasteiger partial charge is 0.478 e. The topological polar surface area (TPSA) is 85.5 Å². The molecule has 134 valence electrons. The van der Waals surface area contributed by atoms with Gasteiger partial charge in [0.25, 0.3) is 0 Å². The Labute approximate surface area is 144 Å². The predicted molar refractivity (Wildman–Crippen MR) is 82.5 cm³/mol. The second-order valence-corrected chi connectivity index (χ2v) is 5.18. The van der Waals surface area contributed by atoms with E-state index in [2.05, 4.69) is 14.7 Å². The zero-order valence-corrected chi connectivity index (χ0v) is 13.0. The Hall–Kier alpha value is -3.36. The first-order valence-electron chi connectivity index (χ1n) is 7.29. The smallest absolute Gasteiger partial charge is 0.452 e. The van der Waals surface area contributed by atoms with Crippen LogP contribution in [0.1, 0.15) is 21.7 Å². The number of hydrogen-bond acceptors (Lipinski definition) is 5. The molecule has 0 atom stereocenters. The molecule has 0 amide bonds. The number of carboxylic acids is 1. The van der Waals surface area contributed by atoms with Crippen LogP contribution in [0.2, 0.25) is 0 Å². The lowest BCUT2D eigenvalue weighted by atomic mass is 10.1. The molecule has 26 heavy (non-hydrogen) atoms. The number of carbonyl (C=O) groups is 1. The highest BCUT2D eigenvalue weighted by atomic mass is 19.4. The maximum absolute atomic E-state index is 13.2. The lowest BCUT2D eigenvalue weighted by Crippen LogP contribution is -2.09. The van der Waals surface area contributed by atoms with Gasteiger partial charge in [0.1, 0.15) is 12.3 Å². The molecule has 0 aliphatic heterocycles. The van der Waals surface area contributed by atoms with Crippen molar-refractivity contribution in [2.45, 2.75) is 12.8 Å². The molecule has 0 aliphatic carbocycles. The summed E-state index contributed by atoms with van der Waals surface area (Å²) in [4.78, 5) is 14.5. The minimum absolute atomic E-state index is 0.0140. The standard InChI is InChI=1S/C17H11F3N2O4/c18-17(19,20)15-12(14(22-26-15)10-4-2-1-3-5-10)9-25-13-7-6-11(8-21-13)16(23)24/h1-8H,9H2,(H,23,24). The number of halogens is 3. The van der Waals surface area contributed by atoms with E-state index in [1.807, 2.05) is 0 Å². The summed E-state index contributed by atoms with van der Waals surface area (Å²) >= 11 is 0. The maximum Gasteiger partial charge on any atom is 0.452 e. The number of rotatable bonds is 5. The number of hydrogen-bond donors (Lipinski definition) is 1. The Morgan fingerprint density at radius 3 is 2.46 bits per heavy atom. The van der Waals surface area contributed by atoms with Crippen LogP contribution in [0.3, 0.4) is 0 Å². The molecule has 0 spiro atoms. The van der Waals surface area contributed by atoms with E-state index in [0.717, 1.165) is 6.20 Å². The molecule has 1 N–H and O–H groups in total. The van der Waals surface area contributed by atoms with Crippen LogP contribution in [0.15, 0.2) is 53.2 Å². The van der Waals surface area contributed by atoms with Gasteiger partial charge in [-0.15, -0.1) is 0 Å². The van der Waals surface area contributed by atoms with Crippen molar-refractivity contribution >= 4 is 5.97 Å². The van der Waals surface area contributed by atoms with E-state index in [4.69, 9.17) is 9.84 Å². The molecule has 6 nitrogen and oxygen atoms in total. The summed E-state index contributed by atoms with van der Waals surface area (Å²) in [6.45, 7) is -0.498. The molecule has 2 aromatic heterocycles. The molecule has 0 fully saturated rings. The summed E-state index contributed by atoms with van der Waals surface area (Å²) in [7, 11) is 0. The second-order valence-electron chi connectivity index (χ2n) is 5.18. The number of aromatic nitrogens is 2. The minimum Gasteiger partial charge on any atom is -0.478 e. The Kier molecular flexibility index (Phi) is 4.61. The molecule has 0 radical (unpaired) electrons. The summed E-state index contributed by atoms with van der Waals surface area (Å²) in [6, 6.07) is 10.7. The normalized spacial score (nSPS) is 11.3. The van der Waals surface area contributed by atoms with Crippen molar-refractivity contribution in [1.82, 2.24) is 10.1 Å². The van der Waals surface area contributed by atoms with Gasteiger partial charge in [0.2, 0.25) is 11.6 Å². The molecule has 2 heterocycles. The van der Waals surface area contributed by atoms with Crippen molar-refractivity contribution in [3.63, 3.8) is 0 Å². The summed E-state index contributed by atoms with van der Waals surface area (Å²) in [5.74, 6) is -2.45. The van der Waals surface area contributed by atoms with Gasteiger partial charge < -0.3 is 14.4 Å². The SMILES string of the molecule is O=C(O)c1ccc(OCc2c(-c3ccccc3)noc2C(F)(F)F)nc1. The van der Waals surface area contributed by atoms with Crippen molar-refractivity contribution in [3.05, 3.63) is 65.5 Å². The Bertz CT molecular complexity index is 906. The van der Waals surface area contributed by atoms with Crippen LogP contribution in [0.5, 0.6) is 5.88 Å². The van der Waals surface area contributed by atoms with E-state index in [1.165, 1.54) is 12.1 Å². The molecule has 0 saturated carbocycles. The van der Waals surface area contributed by atoms with Gasteiger partial charge >= 0.3 is 12.1 Å². The van der Waals surface area contributed by atoms with Crippen LogP contribution in [0, 0.1) is 0 Å². The molecule has 0 unspecified atom stereocenters. The van der Waals surface area contributed by atoms with Crippen molar-refractivity contribution in [3.8, 4) is 17.1 Å². The van der Waals surface area contributed by atoms with E-state index >= 15 is 0 Å². The van der Waals surface area contributed by atoms with Crippen LogP contribution in [0.25, 0.3) is 11.3 Å². The highest BCUT2D eigenvalue weighted by Gasteiger charge is 2.40. The van der Waals surface area contributed by atoms with Gasteiger partial charge in [-0.3, -0.25) is 0 Å². The Morgan fingerprint density at radius 2 is 1.88 bits per heavy atom. The number of ether oxygens (including phenoxy) is 1. The highest BCUT2D eigenvalue weighted by Crippen LogP contribution is 2.37. The van der Waals surface area contributed by atoms with Gasteiger partial charge in [-0.25, -0.2) is 9.78 Å². The molecule has 3 aromatic rings. The molecule has 9 heteroatoms. The molecule has 3 rings (SSSR count). The van der Waals surface area contributed by atoms with Gasteiger partial charge in [-0.1, -0.05) is 35.5 Å². The van der Waals surface area contributed by atoms with Crippen LogP contribution >= 0.6 is 0 Å². The van der Waals surface area contributed by atoms with Gasteiger partial charge in [0.15, 0.2) is 0 Å².